The maximum Gasteiger partial charge on any atom is 0.241 e. The number of nitrogens with one attached hydrogen (secondary N) is 1. The van der Waals surface area contributed by atoms with Crippen molar-refractivity contribution >= 4 is 11.6 Å². The lowest BCUT2D eigenvalue weighted by atomic mass is 10.1. The molecule has 122 valence electrons. The molecule has 0 fully saturated rings. The molecular weight excluding hydrogens is 295 g/mol. The number of amides is 1. The van der Waals surface area contributed by atoms with Gasteiger partial charge in [-0.3, -0.25) is 4.79 Å². The van der Waals surface area contributed by atoms with Gasteiger partial charge in [-0.2, -0.15) is 0 Å². The number of rotatable bonds is 7. The van der Waals surface area contributed by atoms with Crippen LogP contribution in [0, 0.1) is 5.82 Å². The van der Waals surface area contributed by atoms with Gasteiger partial charge in [-0.25, -0.2) is 4.39 Å². The first-order valence-corrected chi connectivity index (χ1v) is 7.62. The quantitative estimate of drug-likeness (QED) is 0.822. The highest BCUT2D eigenvalue weighted by Crippen LogP contribution is 2.16. The fourth-order valence-electron chi connectivity index (χ4n) is 2.14. The van der Waals surface area contributed by atoms with Gasteiger partial charge >= 0.3 is 0 Å². The Morgan fingerprint density at radius 1 is 1.26 bits per heavy atom. The van der Waals surface area contributed by atoms with E-state index in [0.717, 1.165) is 12.0 Å². The molecule has 2 rings (SSSR count). The van der Waals surface area contributed by atoms with Crippen molar-refractivity contribution in [3.8, 4) is 5.75 Å². The molecule has 2 aromatic carbocycles. The Labute approximate surface area is 135 Å². The number of anilines is 1. The van der Waals surface area contributed by atoms with E-state index in [1.807, 2.05) is 25.1 Å². The lowest BCUT2D eigenvalue weighted by Gasteiger charge is -2.12. The van der Waals surface area contributed by atoms with Crippen LogP contribution in [0.5, 0.6) is 5.75 Å². The molecule has 3 N–H and O–H groups in total. The fourth-order valence-corrected chi connectivity index (χ4v) is 2.14. The van der Waals surface area contributed by atoms with E-state index in [-0.39, 0.29) is 18.3 Å². The molecule has 0 heterocycles. The number of halogens is 1. The van der Waals surface area contributed by atoms with Gasteiger partial charge in [-0.05, 0) is 36.2 Å². The highest BCUT2D eigenvalue weighted by Gasteiger charge is 2.12. The number of benzene rings is 2. The van der Waals surface area contributed by atoms with Gasteiger partial charge in [-0.15, -0.1) is 0 Å². The summed E-state index contributed by atoms with van der Waals surface area (Å²) < 4.78 is 18.6. The minimum absolute atomic E-state index is 0.199. The first-order chi connectivity index (χ1) is 11.1. The molecule has 5 heteroatoms. The van der Waals surface area contributed by atoms with Crippen LogP contribution >= 0.6 is 0 Å². The number of carbonyl (C=O) groups excluding carboxylic acids is 1. The van der Waals surface area contributed by atoms with Gasteiger partial charge in [0.1, 0.15) is 18.2 Å². The number of hydrogen-bond acceptors (Lipinski definition) is 3. The molecule has 1 unspecified atom stereocenters. The van der Waals surface area contributed by atoms with E-state index in [9.17, 15) is 9.18 Å². The van der Waals surface area contributed by atoms with Crippen molar-refractivity contribution < 1.29 is 13.9 Å². The van der Waals surface area contributed by atoms with Crippen molar-refractivity contribution in [3.63, 3.8) is 0 Å². The average Bonchev–Trinajstić information content (AvgIpc) is 2.53. The van der Waals surface area contributed by atoms with E-state index < -0.39 is 6.04 Å². The third-order valence-electron chi connectivity index (χ3n) is 3.33. The molecule has 23 heavy (non-hydrogen) atoms. The van der Waals surface area contributed by atoms with Crippen LogP contribution in [0.1, 0.15) is 25.3 Å². The molecule has 0 saturated heterocycles. The van der Waals surface area contributed by atoms with Crippen LogP contribution in [0.2, 0.25) is 0 Å². The molecule has 0 bridgehead atoms. The molecule has 0 saturated carbocycles. The van der Waals surface area contributed by atoms with Gasteiger partial charge in [-0.1, -0.05) is 31.5 Å². The highest BCUT2D eigenvalue weighted by atomic mass is 19.1. The molecule has 0 aliphatic carbocycles. The molecule has 0 aliphatic rings. The van der Waals surface area contributed by atoms with Gasteiger partial charge in [0.25, 0.3) is 0 Å². The Morgan fingerprint density at radius 3 is 2.78 bits per heavy atom. The maximum absolute atomic E-state index is 13.1. The topological polar surface area (TPSA) is 64.4 Å². The maximum atomic E-state index is 13.1. The van der Waals surface area contributed by atoms with E-state index in [4.69, 9.17) is 10.5 Å². The molecule has 0 spiro atoms. The van der Waals surface area contributed by atoms with Crippen LogP contribution in [0.15, 0.2) is 48.5 Å². The minimum Gasteiger partial charge on any atom is -0.489 e. The zero-order valence-electron chi connectivity index (χ0n) is 13.1. The molecule has 4 nitrogen and oxygen atoms in total. The van der Waals surface area contributed by atoms with Crippen LogP contribution in [-0.4, -0.2) is 11.9 Å². The zero-order chi connectivity index (χ0) is 16.7. The highest BCUT2D eigenvalue weighted by molar-refractivity contribution is 5.94. The van der Waals surface area contributed by atoms with Gasteiger partial charge in [0.2, 0.25) is 5.91 Å². The second kappa shape index (κ2) is 8.29. The third-order valence-corrected chi connectivity index (χ3v) is 3.33. The van der Waals surface area contributed by atoms with Crippen LogP contribution in [-0.2, 0) is 11.4 Å². The van der Waals surface area contributed by atoms with Crippen molar-refractivity contribution in [2.24, 2.45) is 5.73 Å². The summed E-state index contributed by atoms with van der Waals surface area (Å²) in [5.41, 5.74) is 7.33. The number of hydrogen-bond donors (Lipinski definition) is 2. The SMILES string of the molecule is CCCC(N)C(=O)Nc1cccc(COc2cccc(F)c2)c1. The second-order valence-corrected chi connectivity index (χ2v) is 5.33. The second-order valence-electron chi connectivity index (χ2n) is 5.33. The Kier molecular flexibility index (Phi) is 6.11. The smallest absolute Gasteiger partial charge is 0.241 e. The monoisotopic (exact) mass is 316 g/mol. The minimum atomic E-state index is -0.507. The third kappa shape index (κ3) is 5.38. The van der Waals surface area contributed by atoms with E-state index in [0.29, 0.717) is 17.9 Å². The lowest BCUT2D eigenvalue weighted by molar-refractivity contribution is -0.117. The largest absolute Gasteiger partial charge is 0.489 e. The molecule has 1 amide bonds. The van der Waals surface area contributed by atoms with Gasteiger partial charge < -0.3 is 15.8 Å². The van der Waals surface area contributed by atoms with Crippen LogP contribution in [0.4, 0.5) is 10.1 Å². The van der Waals surface area contributed by atoms with Gasteiger partial charge in [0.15, 0.2) is 0 Å². The normalized spacial score (nSPS) is 11.8. The Bertz CT molecular complexity index is 661. The standard InChI is InChI=1S/C18H21FN2O2/c1-2-5-17(20)18(22)21-15-8-3-6-13(10-15)12-23-16-9-4-7-14(19)11-16/h3-4,6-11,17H,2,5,12,20H2,1H3,(H,21,22). The van der Waals surface area contributed by atoms with Crippen molar-refractivity contribution in [3.05, 3.63) is 59.9 Å². The molecular formula is C18H21FN2O2. The summed E-state index contributed by atoms with van der Waals surface area (Å²) in [6, 6.07) is 12.8. The predicted octanol–water partition coefficient (Wildman–Crippen LogP) is 3.47. The number of nitrogens with two attached hydrogens (primary N) is 1. The molecule has 1 atom stereocenters. The van der Waals surface area contributed by atoms with E-state index >= 15 is 0 Å². The fraction of sp³-hybridized carbons (Fsp3) is 0.278. The average molecular weight is 316 g/mol. The lowest BCUT2D eigenvalue weighted by Crippen LogP contribution is -2.35. The van der Waals surface area contributed by atoms with E-state index in [2.05, 4.69) is 5.32 Å². The van der Waals surface area contributed by atoms with Crippen molar-refractivity contribution in [2.45, 2.75) is 32.4 Å². The zero-order valence-corrected chi connectivity index (χ0v) is 13.1. The Balaban J connectivity index is 1.95. The summed E-state index contributed by atoms with van der Waals surface area (Å²) in [6.45, 7) is 2.27. The van der Waals surface area contributed by atoms with Crippen molar-refractivity contribution in [2.75, 3.05) is 5.32 Å². The van der Waals surface area contributed by atoms with Gasteiger partial charge in [0, 0.05) is 11.8 Å². The van der Waals surface area contributed by atoms with E-state index in [1.54, 1.807) is 18.2 Å². The summed E-state index contributed by atoms with van der Waals surface area (Å²) >= 11 is 0. The first kappa shape index (κ1) is 17.0. The Hall–Kier alpha value is -2.40. The van der Waals surface area contributed by atoms with E-state index in [1.165, 1.54) is 12.1 Å². The Morgan fingerprint density at radius 2 is 2.04 bits per heavy atom. The molecule has 0 aliphatic heterocycles. The molecule has 0 radical (unpaired) electrons. The summed E-state index contributed by atoms with van der Waals surface area (Å²) in [5, 5.41) is 2.79. The van der Waals surface area contributed by atoms with Crippen LogP contribution in [0.3, 0.4) is 0 Å². The summed E-state index contributed by atoms with van der Waals surface area (Å²) in [4.78, 5) is 11.9. The summed E-state index contributed by atoms with van der Waals surface area (Å²) in [5.74, 6) is -0.0760. The van der Waals surface area contributed by atoms with Gasteiger partial charge in [0.05, 0.1) is 6.04 Å². The summed E-state index contributed by atoms with van der Waals surface area (Å²) in [7, 11) is 0. The first-order valence-electron chi connectivity index (χ1n) is 7.62. The predicted molar refractivity (Wildman–Crippen MR) is 88.7 cm³/mol. The van der Waals surface area contributed by atoms with Crippen LogP contribution in [0.25, 0.3) is 0 Å². The van der Waals surface area contributed by atoms with Crippen molar-refractivity contribution in [1.29, 1.82) is 0 Å². The van der Waals surface area contributed by atoms with Crippen LogP contribution < -0.4 is 15.8 Å². The molecule has 2 aromatic rings. The number of ether oxygens (including phenoxy) is 1. The number of carbonyl (C=O) groups is 1. The van der Waals surface area contributed by atoms with Crippen molar-refractivity contribution in [1.82, 2.24) is 0 Å². The summed E-state index contributed by atoms with van der Waals surface area (Å²) in [6.07, 6.45) is 1.50. The molecule has 0 aromatic heterocycles.